The number of hydrogen-bond donors (Lipinski definition) is 0. The fourth-order valence-electron chi connectivity index (χ4n) is 3.98. The highest BCUT2D eigenvalue weighted by molar-refractivity contribution is 6.05. The highest BCUT2D eigenvalue weighted by Gasteiger charge is 2.33. The molecule has 0 saturated heterocycles. The topological polar surface area (TPSA) is 60.4 Å². The van der Waals surface area contributed by atoms with Gasteiger partial charge in [-0.25, -0.2) is 0 Å². The fourth-order valence-corrected chi connectivity index (χ4v) is 3.98. The van der Waals surface area contributed by atoms with Gasteiger partial charge in [-0.3, -0.25) is 9.79 Å². The lowest BCUT2D eigenvalue weighted by atomic mass is 10.0. The lowest BCUT2D eigenvalue weighted by Crippen LogP contribution is -2.32. The first-order valence-corrected chi connectivity index (χ1v) is 10.3. The molecule has 2 heterocycles. The first-order chi connectivity index (χ1) is 15.7. The Morgan fingerprint density at radius 2 is 1.59 bits per heavy atom. The predicted octanol–water partition coefficient (Wildman–Crippen LogP) is 5.47. The number of rotatable bonds is 5. The molecule has 0 radical (unpaired) electrons. The molecule has 1 atom stereocenters. The minimum atomic E-state index is -0.137. The molecule has 0 saturated carbocycles. The Balaban J connectivity index is 1.40. The van der Waals surface area contributed by atoms with Gasteiger partial charge in [0.25, 0.3) is 5.91 Å². The second-order valence-electron chi connectivity index (χ2n) is 7.58. The van der Waals surface area contributed by atoms with E-state index in [4.69, 9.17) is 14.2 Å². The van der Waals surface area contributed by atoms with E-state index in [-0.39, 0.29) is 11.9 Å². The van der Waals surface area contributed by atoms with Crippen molar-refractivity contribution in [3.8, 4) is 23.0 Å². The van der Waals surface area contributed by atoms with Gasteiger partial charge in [-0.1, -0.05) is 30.3 Å². The molecule has 2 aliphatic heterocycles. The molecule has 0 N–H and O–H groups in total. The quantitative estimate of drug-likeness (QED) is 0.543. The molecule has 0 aliphatic carbocycles. The number of methoxy groups -OCH3 is 2. The fraction of sp³-hybridized carbons (Fsp3) is 0.154. The molecule has 0 spiro atoms. The summed E-state index contributed by atoms with van der Waals surface area (Å²) in [4.78, 5) is 19.6. The molecule has 0 unspecified atom stereocenters. The third-order valence-corrected chi connectivity index (χ3v) is 5.64. The van der Waals surface area contributed by atoms with Gasteiger partial charge < -0.3 is 19.1 Å². The summed E-state index contributed by atoms with van der Waals surface area (Å²) in [5, 5.41) is 0. The van der Waals surface area contributed by atoms with E-state index in [1.165, 1.54) is 0 Å². The first-order valence-electron chi connectivity index (χ1n) is 10.3. The minimum Gasteiger partial charge on any atom is -0.493 e. The maximum atomic E-state index is 13.3. The smallest absolute Gasteiger partial charge is 0.260 e. The van der Waals surface area contributed by atoms with Crippen LogP contribution in [0.2, 0.25) is 0 Å². The van der Waals surface area contributed by atoms with Crippen LogP contribution in [0.1, 0.15) is 22.3 Å². The Bertz CT molecular complexity index is 1220. The summed E-state index contributed by atoms with van der Waals surface area (Å²) >= 11 is 0. The summed E-state index contributed by atoms with van der Waals surface area (Å²) in [5.74, 6) is 2.50. The molecule has 0 aromatic heterocycles. The summed E-state index contributed by atoms with van der Waals surface area (Å²) in [5.41, 5.74) is 3.20. The number of ether oxygens (including phenoxy) is 3. The van der Waals surface area contributed by atoms with Gasteiger partial charge in [0.15, 0.2) is 11.5 Å². The zero-order valence-corrected chi connectivity index (χ0v) is 17.8. The zero-order chi connectivity index (χ0) is 22.1. The van der Waals surface area contributed by atoms with Crippen LogP contribution >= 0.6 is 0 Å². The zero-order valence-electron chi connectivity index (χ0n) is 17.8. The Hall–Kier alpha value is -4.06. The number of amides is 1. The third kappa shape index (κ3) is 3.60. The number of nitrogens with zero attached hydrogens (tertiary/aromatic N) is 2. The van der Waals surface area contributed by atoms with Gasteiger partial charge in [-0.15, -0.1) is 0 Å². The second kappa shape index (κ2) is 8.23. The Kier molecular flexibility index (Phi) is 5.11. The van der Waals surface area contributed by atoms with Crippen LogP contribution < -0.4 is 14.2 Å². The average Bonchev–Trinajstić information content (AvgIpc) is 3.22. The van der Waals surface area contributed by atoms with Crippen molar-refractivity contribution in [2.24, 2.45) is 4.99 Å². The Labute approximate surface area is 186 Å². The number of carbonyl (C=O) groups excluding carboxylic acids is 1. The molecule has 2 aliphatic rings. The van der Waals surface area contributed by atoms with Crippen molar-refractivity contribution in [3.63, 3.8) is 0 Å². The van der Waals surface area contributed by atoms with Crippen LogP contribution in [-0.4, -0.2) is 37.3 Å². The van der Waals surface area contributed by atoms with E-state index in [2.05, 4.69) is 4.99 Å². The SMILES string of the molecule is COc1cc2c(cc1OC)C(=O)N1C=C(c3ccc(Oc4ccccc4)cc3)C[C@H]1C=N2. The van der Waals surface area contributed by atoms with Crippen LogP contribution in [0.5, 0.6) is 23.0 Å². The van der Waals surface area contributed by atoms with Gasteiger partial charge in [0.05, 0.1) is 31.5 Å². The number of carbonyl (C=O) groups is 1. The largest absolute Gasteiger partial charge is 0.493 e. The summed E-state index contributed by atoms with van der Waals surface area (Å²) in [7, 11) is 3.12. The number of para-hydroxylation sites is 1. The molecule has 5 rings (SSSR count). The first kappa shape index (κ1) is 19.9. The van der Waals surface area contributed by atoms with Crippen molar-refractivity contribution in [1.29, 1.82) is 0 Å². The van der Waals surface area contributed by atoms with Gasteiger partial charge in [-0.05, 0) is 41.5 Å². The van der Waals surface area contributed by atoms with Crippen molar-refractivity contribution >= 4 is 23.4 Å². The Morgan fingerprint density at radius 1 is 0.906 bits per heavy atom. The minimum absolute atomic E-state index is 0.109. The molecular weight excluding hydrogens is 404 g/mol. The molecule has 160 valence electrons. The highest BCUT2D eigenvalue weighted by Crippen LogP contribution is 2.39. The summed E-state index contributed by atoms with van der Waals surface area (Å²) in [6.07, 6.45) is 4.43. The van der Waals surface area contributed by atoms with Crippen molar-refractivity contribution in [3.05, 3.63) is 84.1 Å². The van der Waals surface area contributed by atoms with Gasteiger partial charge in [0, 0.05) is 24.9 Å². The predicted molar refractivity (Wildman–Crippen MR) is 123 cm³/mol. The van der Waals surface area contributed by atoms with Crippen LogP contribution in [0.4, 0.5) is 5.69 Å². The summed E-state index contributed by atoms with van der Waals surface area (Å²) < 4.78 is 16.6. The molecule has 32 heavy (non-hydrogen) atoms. The van der Waals surface area contributed by atoms with Crippen molar-refractivity contribution < 1.29 is 19.0 Å². The molecule has 6 nitrogen and oxygen atoms in total. The lowest BCUT2D eigenvalue weighted by Gasteiger charge is -2.18. The van der Waals surface area contributed by atoms with Gasteiger partial charge >= 0.3 is 0 Å². The molecule has 1 amide bonds. The molecule has 6 heteroatoms. The van der Waals surface area contributed by atoms with Crippen molar-refractivity contribution in [2.45, 2.75) is 12.5 Å². The van der Waals surface area contributed by atoms with E-state index in [1.54, 1.807) is 31.3 Å². The third-order valence-electron chi connectivity index (χ3n) is 5.64. The van der Waals surface area contributed by atoms with Gasteiger partial charge in [0.2, 0.25) is 0 Å². The van der Waals surface area contributed by atoms with Crippen LogP contribution in [0.25, 0.3) is 5.57 Å². The van der Waals surface area contributed by atoms with E-state index in [0.29, 0.717) is 29.2 Å². The van der Waals surface area contributed by atoms with Crippen LogP contribution in [0.15, 0.2) is 77.9 Å². The van der Waals surface area contributed by atoms with Gasteiger partial charge in [0.1, 0.15) is 11.5 Å². The van der Waals surface area contributed by atoms with E-state index >= 15 is 0 Å². The maximum Gasteiger partial charge on any atom is 0.260 e. The number of benzene rings is 3. The lowest BCUT2D eigenvalue weighted by molar-refractivity contribution is 0.0817. The van der Waals surface area contributed by atoms with E-state index in [0.717, 1.165) is 22.6 Å². The summed E-state index contributed by atoms with van der Waals surface area (Å²) in [6.45, 7) is 0. The van der Waals surface area contributed by atoms with Crippen LogP contribution in [0.3, 0.4) is 0 Å². The van der Waals surface area contributed by atoms with Gasteiger partial charge in [-0.2, -0.15) is 0 Å². The van der Waals surface area contributed by atoms with E-state index in [1.807, 2.05) is 67.0 Å². The monoisotopic (exact) mass is 426 g/mol. The maximum absolute atomic E-state index is 13.3. The number of aliphatic imine (C=N–C) groups is 1. The number of fused-ring (bicyclic) bond motifs is 2. The van der Waals surface area contributed by atoms with Crippen molar-refractivity contribution in [1.82, 2.24) is 4.90 Å². The molecule has 0 bridgehead atoms. The summed E-state index contributed by atoms with van der Waals surface area (Å²) in [6, 6.07) is 20.9. The molecule has 0 fully saturated rings. The molecule has 3 aromatic carbocycles. The van der Waals surface area contributed by atoms with Crippen LogP contribution in [-0.2, 0) is 0 Å². The second-order valence-corrected chi connectivity index (χ2v) is 7.58. The Morgan fingerprint density at radius 3 is 2.31 bits per heavy atom. The number of hydrogen-bond acceptors (Lipinski definition) is 5. The molecular formula is C26H22N2O4. The normalized spacial score (nSPS) is 16.7. The van der Waals surface area contributed by atoms with E-state index in [9.17, 15) is 4.79 Å². The average molecular weight is 426 g/mol. The molecule has 3 aromatic rings. The highest BCUT2D eigenvalue weighted by atomic mass is 16.5. The van der Waals surface area contributed by atoms with Crippen LogP contribution in [0, 0.1) is 0 Å². The van der Waals surface area contributed by atoms with Crippen molar-refractivity contribution in [2.75, 3.05) is 14.2 Å². The standard InChI is InChI=1S/C26H22N2O4/c1-30-24-13-22-23(14-25(24)31-2)27-15-19-12-18(16-28(19)26(22)29)17-8-10-21(11-9-17)32-20-6-4-3-5-7-20/h3-11,13-16,19H,12H2,1-2H3/t19-/m0/s1. The van der Waals surface area contributed by atoms with E-state index < -0.39 is 0 Å².